The van der Waals surface area contributed by atoms with Gasteiger partial charge in [-0.3, -0.25) is 4.79 Å². The second-order valence-electron chi connectivity index (χ2n) is 4.23. The monoisotopic (exact) mass is 304 g/mol. The van der Waals surface area contributed by atoms with Gasteiger partial charge in [-0.25, -0.2) is 4.98 Å². The first-order chi connectivity index (χ1) is 9.67. The van der Waals surface area contributed by atoms with Crippen LogP contribution >= 0.6 is 22.7 Å². The van der Waals surface area contributed by atoms with Crippen LogP contribution in [0.1, 0.15) is 15.4 Å². The van der Waals surface area contributed by atoms with Crippen LogP contribution in [0, 0.1) is 6.92 Å². The molecule has 0 atom stereocenters. The summed E-state index contributed by atoms with van der Waals surface area (Å²) in [5.74, 6) is -0.0127. The number of thiazole rings is 1. The molecule has 0 bridgehead atoms. The molecular weight excluding hydrogens is 288 g/mol. The molecule has 2 rings (SSSR count). The number of nitrogens with zero attached hydrogens (tertiary/aromatic N) is 2. The number of hydrogen-bond acceptors (Lipinski definition) is 4. The Hall–Kier alpha value is -1.72. The van der Waals surface area contributed by atoms with E-state index in [1.54, 1.807) is 28.4 Å². The van der Waals surface area contributed by atoms with Crippen molar-refractivity contribution in [1.82, 2.24) is 9.88 Å². The van der Waals surface area contributed by atoms with E-state index in [0.717, 1.165) is 16.3 Å². The summed E-state index contributed by atoms with van der Waals surface area (Å²) in [4.78, 5) is 19.4. The molecule has 2 heterocycles. The number of thiophene rings is 1. The zero-order valence-electron chi connectivity index (χ0n) is 11.3. The fourth-order valence-corrected chi connectivity index (χ4v) is 3.55. The quantitative estimate of drug-likeness (QED) is 0.756. The molecule has 0 aliphatic carbocycles. The molecule has 1 amide bonds. The SMILES string of the molecule is C=CCN(CC=C)C(=O)c1sc(-c2ccsc2)nc1C. The van der Waals surface area contributed by atoms with Gasteiger partial charge in [0.05, 0.1) is 5.69 Å². The molecule has 0 aliphatic heterocycles. The van der Waals surface area contributed by atoms with Crippen molar-refractivity contribution in [2.75, 3.05) is 13.1 Å². The molecular formula is C15H16N2OS2. The van der Waals surface area contributed by atoms with Gasteiger partial charge in [-0.05, 0) is 18.4 Å². The summed E-state index contributed by atoms with van der Waals surface area (Å²) in [7, 11) is 0. The summed E-state index contributed by atoms with van der Waals surface area (Å²) in [6.45, 7) is 10.3. The highest BCUT2D eigenvalue weighted by Crippen LogP contribution is 2.30. The fourth-order valence-electron chi connectivity index (χ4n) is 1.80. The molecule has 0 unspecified atom stereocenters. The van der Waals surface area contributed by atoms with Crippen molar-refractivity contribution in [1.29, 1.82) is 0 Å². The number of aromatic nitrogens is 1. The maximum atomic E-state index is 12.5. The highest BCUT2D eigenvalue weighted by atomic mass is 32.1. The predicted octanol–water partition coefficient (Wildman–Crippen LogP) is 3.99. The van der Waals surface area contributed by atoms with Crippen LogP contribution in [0.25, 0.3) is 10.6 Å². The normalized spacial score (nSPS) is 10.2. The second kappa shape index (κ2) is 6.63. The zero-order valence-corrected chi connectivity index (χ0v) is 13.0. The van der Waals surface area contributed by atoms with E-state index in [-0.39, 0.29) is 5.91 Å². The largest absolute Gasteiger partial charge is 0.330 e. The fraction of sp³-hybridized carbons (Fsp3) is 0.200. The maximum absolute atomic E-state index is 12.5. The van der Waals surface area contributed by atoms with Crippen LogP contribution in [0.4, 0.5) is 0 Å². The molecule has 0 saturated heterocycles. The Bertz CT molecular complexity index is 604. The van der Waals surface area contributed by atoms with E-state index in [2.05, 4.69) is 18.1 Å². The third kappa shape index (κ3) is 3.05. The van der Waals surface area contributed by atoms with Gasteiger partial charge in [0.2, 0.25) is 0 Å². The van der Waals surface area contributed by atoms with Gasteiger partial charge in [-0.1, -0.05) is 12.2 Å². The lowest BCUT2D eigenvalue weighted by Crippen LogP contribution is -2.31. The Morgan fingerprint density at radius 3 is 2.65 bits per heavy atom. The van der Waals surface area contributed by atoms with Gasteiger partial charge in [0.1, 0.15) is 9.88 Å². The third-order valence-electron chi connectivity index (χ3n) is 2.75. The van der Waals surface area contributed by atoms with Crippen LogP contribution in [0.5, 0.6) is 0 Å². The molecule has 104 valence electrons. The van der Waals surface area contributed by atoms with Crippen LogP contribution in [-0.2, 0) is 0 Å². The molecule has 3 nitrogen and oxygen atoms in total. The van der Waals surface area contributed by atoms with Crippen LogP contribution in [-0.4, -0.2) is 28.9 Å². The molecule has 0 N–H and O–H groups in total. The van der Waals surface area contributed by atoms with Gasteiger partial charge in [0, 0.05) is 24.0 Å². The number of carbonyl (C=O) groups excluding carboxylic acids is 1. The first-order valence-corrected chi connectivity index (χ1v) is 7.94. The van der Waals surface area contributed by atoms with Gasteiger partial charge in [-0.2, -0.15) is 11.3 Å². The Balaban J connectivity index is 2.29. The number of aryl methyl sites for hydroxylation is 1. The molecule has 0 saturated carbocycles. The first-order valence-electron chi connectivity index (χ1n) is 6.18. The predicted molar refractivity (Wildman–Crippen MR) is 86.5 cm³/mol. The van der Waals surface area contributed by atoms with Crippen molar-refractivity contribution in [2.45, 2.75) is 6.92 Å². The van der Waals surface area contributed by atoms with Crippen molar-refractivity contribution in [3.05, 3.63) is 52.7 Å². The van der Waals surface area contributed by atoms with Crippen LogP contribution < -0.4 is 0 Å². The van der Waals surface area contributed by atoms with E-state index in [1.807, 2.05) is 23.8 Å². The minimum absolute atomic E-state index is 0.0127. The number of amides is 1. The Labute approximate surface area is 126 Å². The lowest BCUT2D eigenvalue weighted by atomic mass is 10.3. The molecule has 0 aromatic carbocycles. The van der Waals surface area contributed by atoms with Crippen molar-refractivity contribution in [2.24, 2.45) is 0 Å². The molecule has 0 radical (unpaired) electrons. The Morgan fingerprint density at radius 1 is 1.40 bits per heavy atom. The molecule has 0 spiro atoms. The van der Waals surface area contributed by atoms with E-state index in [9.17, 15) is 4.79 Å². The zero-order chi connectivity index (χ0) is 14.5. The average molecular weight is 304 g/mol. The summed E-state index contributed by atoms with van der Waals surface area (Å²) in [5, 5.41) is 4.94. The van der Waals surface area contributed by atoms with Gasteiger partial charge in [0.15, 0.2) is 0 Å². The van der Waals surface area contributed by atoms with E-state index in [4.69, 9.17) is 0 Å². The molecule has 0 fully saturated rings. The van der Waals surface area contributed by atoms with Gasteiger partial charge in [0.25, 0.3) is 5.91 Å². The van der Waals surface area contributed by atoms with E-state index in [1.165, 1.54) is 11.3 Å². The van der Waals surface area contributed by atoms with Crippen molar-refractivity contribution in [3.63, 3.8) is 0 Å². The number of carbonyl (C=O) groups is 1. The van der Waals surface area contributed by atoms with Gasteiger partial charge in [-0.15, -0.1) is 24.5 Å². The summed E-state index contributed by atoms with van der Waals surface area (Å²) in [5.41, 5.74) is 1.85. The minimum atomic E-state index is -0.0127. The van der Waals surface area contributed by atoms with Gasteiger partial charge >= 0.3 is 0 Å². The highest BCUT2D eigenvalue weighted by Gasteiger charge is 2.20. The van der Waals surface area contributed by atoms with Crippen molar-refractivity contribution < 1.29 is 4.79 Å². The second-order valence-corrected chi connectivity index (χ2v) is 6.01. The van der Waals surface area contributed by atoms with E-state index < -0.39 is 0 Å². The molecule has 2 aromatic heterocycles. The minimum Gasteiger partial charge on any atom is -0.330 e. The molecule has 2 aromatic rings. The number of hydrogen-bond donors (Lipinski definition) is 0. The number of rotatable bonds is 6. The first kappa shape index (κ1) is 14.7. The molecule has 5 heteroatoms. The summed E-state index contributed by atoms with van der Waals surface area (Å²) in [6.07, 6.45) is 3.44. The lowest BCUT2D eigenvalue weighted by molar-refractivity contribution is 0.0794. The van der Waals surface area contributed by atoms with Gasteiger partial charge < -0.3 is 4.90 Å². The summed E-state index contributed by atoms with van der Waals surface area (Å²) >= 11 is 3.07. The molecule has 0 aliphatic rings. The smallest absolute Gasteiger partial charge is 0.266 e. The molecule has 20 heavy (non-hydrogen) atoms. The summed E-state index contributed by atoms with van der Waals surface area (Å²) < 4.78 is 0. The van der Waals surface area contributed by atoms with Crippen LogP contribution in [0.2, 0.25) is 0 Å². The van der Waals surface area contributed by atoms with Crippen LogP contribution in [0.15, 0.2) is 42.1 Å². The van der Waals surface area contributed by atoms with Crippen molar-refractivity contribution in [3.8, 4) is 10.6 Å². The lowest BCUT2D eigenvalue weighted by Gasteiger charge is -2.18. The van der Waals surface area contributed by atoms with E-state index in [0.29, 0.717) is 18.0 Å². The maximum Gasteiger partial charge on any atom is 0.266 e. The standard InChI is InChI=1S/C15H16N2OS2/c1-4-7-17(8-5-2)15(18)13-11(3)16-14(20-13)12-6-9-19-10-12/h4-6,9-10H,1-2,7-8H2,3H3. The topological polar surface area (TPSA) is 33.2 Å². The van der Waals surface area contributed by atoms with Crippen LogP contribution in [0.3, 0.4) is 0 Å². The summed E-state index contributed by atoms with van der Waals surface area (Å²) in [6, 6.07) is 2.02. The average Bonchev–Trinajstić information content (AvgIpc) is 3.06. The Morgan fingerprint density at radius 2 is 2.10 bits per heavy atom. The van der Waals surface area contributed by atoms with Crippen molar-refractivity contribution >= 4 is 28.6 Å². The van der Waals surface area contributed by atoms with E-state index >= 15 is 0 Å². The third-order valence-corrected chi connectivity index (χ3v) is 4.62. The highest BCUT2D eigenvalue weighted by molar-refractivity contribution is 7.17. The Kier molecular flexibility index (Phi) is 4.87.